The van der Waals surface area contributed by atoms with E-state index in [4.69, 9.17) is 14.2 Å². The average molecular weight is 326 g/mol. The van der Waals surface area contributed by atoms with Crippen LogP contribution in [0.5, 0.6) is 0 Å². The summed E-state index contributed by atoms with van der Waals surface area (Å²) in [4.78, 5) is 22.3. The molecule has 1 aromatic rings. The SMILES string of the molecule is CCNC[C@H](OC)[C@@H](COC)OC(=O)c1ccc([N+](=O)[O-])cc1. The molecule has 0 aliphatic rings. The van der Waals surface area contributed by atoms with E-state index in [9.17, 15) is 14.9 Å². The van der Waals surface area contributed by atoms with Gasteiger partial charge in [-0.1, -0.05) is 6.92 Å². The number of methoxy groups -OCH3 is 2. The Morgan fingerprint density at radius 1 is 1.26 bits per heavy atom. The minimum Gasteiger partial charge on any atom is -0.453 e. The zero-order valence-corrected chi connectivity index (χ0v) is 13.5. The standard InChI is InChI=1S/C15H22N2O6/c1-4-16-9-13(22-3)14(10-21-2)23-15(18)11-5-7-12(8-6-11)17(19)20/h5-8,13-14,16H,4,9-10H2,1-3H3/t13-,14+/m0/s1. The molecule has 1 aromatic carbocycles. The highest BCUT2D eigenvalue weighted by Gasteiger charge is 2.25. The van der Waals surface area contributed by atoms with Crippen molar-refractivity contribution >= 4 is 11.7 Å². The second-order valence-electron chi connectivity index (χ2n) is 4.78. The fraction of sp³-hybridized carbons (Fsp3) is 0.533. The molecule has 0 saturated heterocycles. The maximum atomic E-state index is 12.2. The molecular weight excluding hydrogens is 304 g/mol. The highest BCUT2D eigenvalue weighted by molar-refractivity contribution is 5.89. The van der Waals surface area contributed by atoms with Crippen molar-refractivity contribution in [3.63, 3.8) is 0 Å². The fourth-order valence-electron chi connectivity index (χ4n) is 1.96. The normalized spacial score (nSPS) is 13.3. The molecule has 0 saturated carbocycles. The Hall–Kier alpha value is -2.03. The summed E-state index contributed by atoms with van der Waals surface area (Å²) in [5, 5.41) is 13.7. The topological polar surface area (TPSA) is 99.9 Å². The number of non-ortho nitro benzene ring substituents is 1. The van der Waals surface area contributed by atoms with Crippen molar-refractivity contribution in [2.24, 2.45) is 0 Å². The summed E-state index contributed by atoms with van der Waals surface area (Å²) in [6.07, 6.45) is -0.955. The van der Waals surface area contributed by atoms with Crippen LogP contribution in [0.4, 0.5) is 5.69 Å². The smallest absolute Gasteiger partial charge is 0.338 e. The number of ether oxygens (including phenoxy) is 3. The Morgan fingerprint density at radius 2 is 1.91 bits per heavy atom. The van der Waals surface area contributed by atoms with Crippen molar-refractivity contribution in [3.8, 4) is 0 Å². The number of nitrogens with one attached hydrogen (secondary N) is 1. The first-order chi connectivity index (χ1) is 11.0. The third-order valence-electron chi connectivity index (χ3n) is 3.22. The summed E-state index contributed by atoms with van der Waals surface area (Å²) in [5.74, 6) is -0.583. The predicted molar refractivity (Wildman–Crippen MR) is 83.5 cm³/mol. The number of esters is 1. The first kappa shape index (κ1) is 19.0. The van der Waals surface area contributed by atoms with Gasteiger partial charge in [0.2, 0.25) is 0 Å². The molecule has 2 atom stereocenters. The van der Waals surface area contributed by atoms with Crippen LogP contribution in [0.15, 0.2) is 24.3 Å². The van der Waals surface area contributed by atoms with E-state index in [1.165, 1.54) is 38.5 Å². The second-order valence-corrected chi connectivity index (χ2v) is 4.78. The van der Waals surface area contributed by atoms with E-state index in [0.29, 0.717) is 6.54 Å². The van der Waals surface area contributed by atoms with E-state index in [-0.39, 0.29) is 24.0 Å². The molecule has 0 unspecified atom stereocenters. The quantitative estimate of drug-likeness (QED) is 0.394. The van der Waals surface area contributed by atoms with Crippen LogP contribution in [0.3, 0.4) is 0 Å². The van der Waals surface area contributed by atoms with Crippen LogP contribution in [0, 0.1) is 10.1 Å². The summed E-state index contributed by atoms with van der Waals surface area (Å²) < 4.78 is 15.9. The highest BCUT2D eigenvalue weighted by Crippen LogP contribution is 2.14. The van der Waals surface area contributed by atoms with E-state index >= 15 is 0 Å². The van der Waals surface area contributed by atoms with Crippen LogP contribution in [0.25, 0.3) is 0 Å². The van der Waals surface area contributed by atoms with E-state index < -0.39 is 17.0 Å². The second kappa shape index (κ2) is 9.88. The van der Waals surface area contributed by atoms with Gasteiger partial charge in [-0.2, -0.15) is 0 Å². The van der Waals surface area contributed by atoms with Crippen molar-refractivity contribution in [2.75, 3.05) is 33.9 Å². The molecular formula is C15H22N2O6. The predicted octanol–water partition coefficient (Wildman–Crippen LogP) is 1.39. The molecule has 128 valence electrons. The molecule has 0 aliphatic carbocycles. The Balaban J connectivity index is 2.77. The maximum absolute atomic E-state index is 12.2. The number of hydrogen-bond donors (Lipinski definition) is 1. The molecule has 0 aliphatic heterocycles. The van der Waals surface area contributed by atoms with Gasteiger partial charge in [0.05, 0.1) is 17.1 Å². The number of hydrogen-bond acceptors (Lipinski definition) is 7. The van der Waals surface area contributed by atoms with Crippen LogP contribution in [0.2, 0.25) is 0 Å². The first-order valence-corrected chi connectivity index (χ1v) is 7.21. The zero-order chi connectivity index (χ0) is 17.2. The van der Waals surface area contributed by atoms with Gasteiger partial charge in [0.1, 0.15) is 6.10 Å². The molecule has 8 heteroatoms. The fourth-order valence-corrected chi connectivity index (χ4v) is 1.96. The van der Waals surface area contributed by atoms with Gasteiger partial charge in [-0.25, -0.2) is 4.79 Å². The monoisotopic (exact) mass is 326 g/mol. The van der Waals surface area contributed by atoms with Crippen molar-refractivity contribution < 1.29 is 23.9 Å². The van der Waals surface area contributed by atoms with Crippen molar-refractivity contribution in [1.82, 2.24) is 5.32 Å². The van der Waals surface area contributed by atoms with Crippen molar-refractivity contribution in [1.29, 1.82) is 0 Å². The third-order valence-corrected chi connectivity index (χ3v) is 3.22. The lowest BCUT2D eigenvalue weighted by Gasteiger charge is -2.25. The number of nitro groups is 1. The lowest BCUT2D eigenvalue weighted by molar-refractivity contribution is -0.384. The number of carbonyl (C=O) groups excluding carboxylic acids is 1. The number of rotatable bonds is 10. The number of nitrogens with zero attached hydrogens (tertiary/aromatic N) is 1. The van der Waals surface area contributed by atoms with Gasteiger partial charge >= 0.3 is 5.97 Å². The summed E-state index contributed by atoms with van der Waals surface area (Å²) in [6, 6.07) is 5.23. The van der Waals surface area contributed by atoms with Gasteiger partial charge in [0, 0.05) is 32.9 Å². The van der Waals surface area contributed by atoms with Crippen LogP contribution < -0.4 is 5.32 Å². The lowest BCUT2D eigenvalue weighted by atomic mass is 10.2. The van der Waals surface area contributed by atoms with E-state index in [1.54, 1.807) is 0 Å². The molecule has 0 aromatic heterocycles. The summed E-state index contributed by atoms with van der Waals surface area (Å²) >= 11 is 0. The molecule has 0 spiro atoms. The van der Waals surface area contributed by atoms with Crippen LogP contribution in [0.1, 0.15) is 17.3 Å². The Labute approximate surface area is 134 Å². The molecule has 0 amide bonds. The number of likely N-dealkylation sites (N-methyl/N-ethyl adjacent to an activating group) is 1. The summed E-state index contributed by atoms with van der Waals surface area (Å²) in [5.41, 5.74) is 0.145. The van der Waals surface area contributed by atoms with Gasteiger partial charge in [0.15, 0.2) is 6.10 Å². The molecule has 1 rings (SSSR count). The number of nitro benzene ring substituents is 1. The number of carbonyl (C=O) groups is 1. The molecule has 1 N–H and O–H groups in total. The zero-order valence-electron chi connectivity index (χ0n) is 13.5. The van der Waals surface area contributed by atoms with Gasteiger partial charge in [-0.05, 0) is 18.7 Å². The lowest BCUT2D eigenvalue weighted by Crippen LogP contribution is -2.43. The van der Waals surface area contributed by atoms with E-state index in [2.05, 4.69) is 5.32 Å². The Kier molecular flexibility index (Phi) is 8.17. The summed E-state index contributed by atoms with van der Waals surface area (Å²) in [6.45, 7) is 3.41. The van der Waals surface area contributed by atoms with E-state index in [1.807, 2.05) is 6.92 Å². The van der Waals surface area contributed by atoms with Gasteiger partial charge in [-0.15, -0.1) is 0 Å². The number of benzene rings is 1. The largest absolute Gasteiger partial charge is 0.453 e. The molecule has 0 radical (unpaired) electrons. The molecule has 0 heterocycles. The van der Waals surface area contributed by atoms with Crippen molar-refractivity contribution in [2.45, 2.75) is 19.1 Å². The first-order valence-electron chi connectivity index (χ1n) is 7.21. The molecule has 23 heavy (non-hydrogen) atoms. The van der Waals surface area contributed by atoms with Crippen LogP contribution >= 0.6 is 0 Å². The average Bonchev–Trinajstić information content (AvgIpc) is 2.55. The van der Waals surface area contributed by atoms with Gasteiger partial charge in [0.25, 0.3) is 5.69 Å². The molecule has 8 nitrogen and oxygen atoms in total. The molecule has 0 fully saturated rings. The molecule has 0 bridgehead atoms. The highest BCUT2D eigenvalue weighted by atomic mass is 16.6. The van der Waals surface area contributed by atoms with E-state index in [0.717, 1.165) is 6.54 Å². The Bertz CT molecular complexity index is 505. The van der Waals surface area contributed by atoms with Gasteiger partial charge in [-0.3, -0.25) is 10.1 Å². The minimum absolute atomic E-state index is 0.0862. The van der Waals surface area contributed by atoms with Crippen LogP contribution in [-0.4, -0.2) is 57.0 Å². The van der Waals surface area contributed by atoms with Crippen LogP contribution in [-0.2, 0) is 14.2 Å². The minimum atomic E-state index is -0.591. The summed E-state index contributed by atoms with van der Waals surface area (Å²) in [7, 11) is 3.04. The van der Waals surface area contributed by atoms with Crippen molar-refractivity contribution in [3.05, 3.63) is 39.9 Å². The van der Waals surface area contributed by atoms with Gasteiger partial charge < -0.3 is 19.5 Å². The maximum Gasteiger partial charge on any atom is 0.338 e. The Morgan fingerprint density at radius 3 is 2.39 bits per heavy atom. The third kappa shape index (κ3) is 5.93.